The SMILES string of the molecule is Cc1noc(-c2ccc(-c3ccc(C4(C(=O)O)CC4)cc3)cc2)c1C(F)(F)CCCc1ccccc1. The van der Waals surface area contributed by atoms with E-state index in [0.29, 0.717) is 31.2 Å². The summed E-state index contributed by atoms with van der Waals surface area (Å²) < 4.78 is 36.0. The molecule has 184 valence electrons. The van der Waals surface area contributed by atoms with Gasteiger partial charge in [0.05, 0.1) is 16.7 Å². The highest BCUT2D eigenvalue weighted by Crippen LogP contribution is 2.48. The van der Waals surface area contributed by atoms with Crippen molar-refractivity contribution >= 4 is 5.97 Å². The highest BCUT2D eigenvalue weighted by Gasteiger charge is 2.51. The fraction of sp³-hybridized carbons (Fsp3) is 0.267. The predicted octanol–water partition coefficient (Wildman–Crippen LogP) is 7.55. The van der Waals surface area contributed by atoms with Gasteiger partial charge in [-0.2, -0.15) is 0 Å². The lowest BCUT2D eigenvalue weighted by Crippen LogP contribution is -2.19. The van der Waals surface area contributed by atoms with Crippen LogP contribution in [0, 0.1) is 6.92 Å². The highest BCUT2D eigenvalue weighted by molar-refractivity contribution is 5.85. The third kappa shape index (κ3) is 4.55. The second-order valence-electron chi connectivity index (χ2n) is 9.56. The summed E-state index contributed by atoms with van der Waals surface area (Å²) in [6.45, 7) is 1.55. The molecule has 0 amide bonds. The van der Waals surface area contributed by atoms with Gasteiger partial charge in [0.1, 0.15) is 0 Å². The largest absolute Gasteiger partial charge is 0.481 e. The Bertz CT molecular complexity index is 1360. The maximum atomic E-state index is 15.3. The first-order valence-corrected chi connectivity index (χ1v) is 12.1. The standard InChI is InChI=1S/C30H27F2NO3/c1-20-26(30(31,32)17-5-8-21-6-3-2-4-7-21)27(36-33-20)24-11-9-22(10-12-24)23-13-15-25(16-14-23)29(18-19-29)28(34)35/h2-4,6-7,9-16H,5,8,17-19H2,1H3,(H,34,35). The quantitative estimate of drug-likeness (QED) is 0.265. The Morgan fingerprint density at radius 2 is 1.53 bits per heavy atom. The fourth-order valence-electron chi connectivity index (χ4n) is 4.83. The first kappa shape index (κ1) is 23.9. The molecule has 1 heterocycles. The van der Waals surface area contributed by atoms with Gasteiger partial charge < -0.3 is 9.63 Å². The summed E-state index contributed by atoms with van der Waals surface area (Å²) in [5.74, 6) is -3.75. The number of alkyl halides is 2. The zero-order valence-electron chi connectivity index (χ0n) is 20.0. The van der Waals surface area contributed by atoms with Crippen molar-refractivity contribution in [3.8, 4) is 22.5 Å². The van der Waals surface area contributed by atoms with Crippen molar-refractivity contribution in [1.29, 1.82) is 0 Å². The molecular weight excluding hydrogens is 460 g/mol. The Kier molecular flexibility index (Phi) is 6.20. The summed E-state index contributed by atoms with van der Waals surface area (Å²) in [6.07, 6.45) is 1.95. The summed E-state index contributed by atoms with van der Waals surface area (Å²) in [7, 11) is 0. The number of hydrogen-bond acceptors (Lipinski definition) is 3. The van der Waals surface area contributed by atoms with E-state index in [0.717, 1.165) is 22.3 Å². The van der Waals surface area contributed by atoms with Gasteiger partial charge in [-0.05, 0) is 54.9 Å². The fourth-order valence-corrected chi connectivity index (χ4v) is 4.83. The average molecular weight is 488 g/mol. The van der Waals surface area contributed by atoms with Crippen molar-refractivity contribution < 1.29 is 23.2 Å². The number of rotatable bonds is 9. The van der Waals surface area contributed by atoms with Crippen LogP contribution in [0.3, 0.4) is 0 Å². The predicted molar refractivity (Wildman–Crippen MR) is 134 cm³/mol. The molecule has 6 heteroatoms. The van der Waals surface area contributed by atoms with Crippen LogP contribution in [-0.4, -0.2) is 16.2 Å². The summed E-state index contributed by atoms with van der Waals surface area (Å²) in [5.41, 5.74) is 3.51. The van der Waals surface area contributed by atoms with Crippen LogP contribution in [0.5, 0.6) is 0 Å². The number of carboxylic acid groups (broad SMARTS) is 1. The Labute approximate surface area is 208 Å². The molecule has 1 N–H and O–H groups in total. The number of aliphatic carboxylic acids is 1. The lowest BCUT2D eigenvalue weighted by atomic mass is 9.93. The molecule has 4 aromatic rings. The molecule has 5 rings (SSSR count). The molecule has 0 radical (unpaired) electrons. The summed E-state index contributed by atoms with van der Waals surface area (Å²) >= 11 is 0. The maximum absolute atomic E-state index is 15.3. The number of halogens is 2. The number of carboxylic acids is 1. The number of benzene rings is 3. The highest BCUT2D eigenvalue weighted by atomic mass is 19.3. The minimum atomic E-state index is -3.06. The summed E-state index contributed by atoms with van der Waals surface area (Å²) in [5, 5.41) is 13.4. The third-order valence-corrected chi connectivity index (χ3v) is 7.10. The van der Waals surface area contributed by atoms with Crippen LogP contribution in [0.1, 0.15) is 48.1 Å². The third-order valence-electron chi connectivity index (χ3n) is 7.10. The van der Waals surface area contributed by atoms with Gasteiger partial charge in [0, 0.05) is 12.0 Å². The Morgan fingerprint density at radius 3 is 2.11 bits per heavy atom. The Morgan fingerprint density at radius 1 is 0.944 bits per heavy atom. The first-order chi connectivity index (χ1) is 17.3. The molecule has 0 bridgehead atoms. The van der Waals surface area contributed by atoms with E-state index in [1.807, 2.05) is 66.7 Å². The Hall–Kier alpha value is -3.80. The van der Waals surface area contributed by atoms with Gasteiger partial charge in [0.25, 0.3) is 5.92 Å². The van der Waals surface area contributed by atoms with Gasteiger partial charge in [-0.1, -0.05) is 84.0 Å². The first-order valence-electron chi connectivity index (χ1n) is 12.1. The number of aromatic nitrogens is 1. The molecule has 1 aliphatic carbocycles. The number of nitrogens with zero attached hydrogens (tertiary/aromatic N) is 1. The molecule has 0 unspecified atom stereocenters. The molecule has 4 nitrogen and oxygen atoms in total. The molecule has 0 atom stereocenters. The molecule has 0 aliphatic heterocycles. The molecule has 0 spiro atoms. The lowest BCUT2D eigenvalue weighted by molar-refractivity contribution is -0.140. The molecule has 36 heavy (non-hydrogen) atoms. The van der Waals surface area contributed by atoms with Gasteiger partial charge in [0.2, 0.25) is 0 Å². The maximum Gasteiger partial charge on any atom is 0.314 e. The second kappa shape index (κ2) is 9.34. The Balaban J connectivity index is 1.33. The zero-order valence-corrected chi connectivity index (χ0v) is 20.0. The van der Waals surface area contributed by atoms with Crippen molar-refractivity contribution in [1.82, 2.24) is 5.16 Å². The van der Waals surface area contributed by atoms with Gasteiger partial charge in [-0.15, -0.1) is 0 Å². The van der Waals surface area contributed by atoms with Crippen LogP contribution in [0.4, 0.5) is 8.78 Å². The summed E-state index contributed by atoms with van der Waals surface area (Å²) in [6, 6.07) is 24.4. The second-order valence-corrected chi connectivity index (χ2v) is 9.56. The van der Waals surface area contributed by atoms with Crippen LogP contribution in [-0.2, 0) is 22.6 Å². The smallest absolute Gasteiger partial charge is 0.314 e. The van der Waals surface area contributed by atoms with Crippen molar-refractivity contribution in [2.45, 2.75) is 50.4 Å². The molecule has 1 aliphatic rings. The van der Waals surface area contributed by atoms with E-state index in [4.69, 9.17) is 4.52 Å². The number of carbonyl (C=O) groups is 1. The minimum Gasteiger partial charge on any atom is -0.481 e. The van der Waals surface area contributed by atoms with Gasteiger partial charge in [0.15, 0.2) is 5.76 Å². The average Bonchev–Trinajstić information content (AvgIpc) is 3.61. The van der Waals surface area contributed by atoms with E-state index in [2.05, 4.69) is 5.16 Å². The van der Waals surface area contributed by atoms with E-state index in [1.54, 1.807) is 19.1 Å². The van der Waals surface area contributed by atoms with E-state index >= 15 is 8.78 Å². The molecule has 3 aromatic carbocycles. The van der Waals surface area contributed by atoms with Crippen molar-refractivity contribution in [3.63, 3.8) is 0 Å². The molecule has 1 saturated carbocycles. The summed E-state index contributed by atoms with van der Waals surface area (Å²) in [4.78, 5) is 11.6. The van der Waals surface area contributed by atoms with Gasteiger partial charge in [-0.3, -0.25) is 4.79 Å². The van der Waals surface area contributed by atoms with Crippen molar-refractivity contribution in [3.05, 3.63) is 101 Å². The van der Waals surface area contributed by atoms with Crippen molar-refractivity contribution in [2.75, 3.05) is 0 Å². The number of hydrogen-bond donors (Lipinski definition) is 1. The molecular formula is C30H27F2NO3. The van der Waals surface area contributed by atoms with Crippen LogP contribution < -0.4 is 0 Å². The molecule has 1 fully saturated rings. The zero-order chi connectivity index (χ0) is 25.3. The molecule has 0 saturated heterocycles. The monoisotopic (exact) mass is 487 g/mol. The van der Waals surface area contributed by atoms with Gasteiger partial charge in [-0.25, -0.2) is 8.78 Å². The topological polar surface area (TPSA) is 63.3 Å². The lowest BCUT2D eigenvalue weighted by Gasteiger charge is -2.17. The normalized spacial score (nSPS) is 14.5. The van der Waals surface area contributed by atoms with E-state index < -0.39 is 17.3 Å². The molecule has 1 aromatic heterocycles. The van der Waals surface area contributed by atoms with E-state index in [9.17, 15) is 9.90 Å². The van der Waals surface area contributed by atoms with E-state index in [-0.39, 0.29) is 23.4 Å². The van der Waals surface area contributed by atoms with Crippen LogP contribution in [0.2, 0.25) is 0 Å². The van der Waals surface area contributed by atoms with Crippen LogP contribution >= 0.6 is 0 Å². The van der Waals surface area contributed by atoms with Crippen LogP contribution in [0.25, 0.3) is 22.5 Å². The van der Waals surface area contributed by atoms with Crippen LogP contribution in [0.15, 0.2) is 83.4 Å². The van der Waals surface area contributed by atoms with E-state index in [1.165, 1.54) is 0 Å². The minimum absolute atomic E-state index is 0.0937. The van der Waals surface area contributed by atoms with Crippen molar-refractivity contribution in [2.24, 2.45) is 0 Å². The van der Waals surface area contributed by atoms with Gasteiger partial charge >= 0.3 is 5.97 Å². The number of aryl methyl sites for hydroxylation is 2.